The molecule has 0 bridgehead atoms. The van der Waals surface area contributed by atoms with E-state index in [-0.39, 0.29) is 0 Å². The van der Waals surface area contributed by atoms with E-state index in [0.29, 0.717) is 6.04 Å². The molecule has 2 aromatic carbocycles. The highest BCUT2D eigenvalue weighted by Crippen LogP contribution is 2.23. The Morgan fingerprint density at radius 1 is 0.950 bits per heavy atom. The number of hydrogen-bond donors (Lipinski definition) is 1. The van der Waals surface area contributed by atoms with Crippen LogP contribution in [0.2, 0.25) is 0 Å². The Morgan fingerprint density at radius 3 is 2.00 bits per heavy atom. The first-order chi connectivity index (χ1) is 9.72. The molecule has 1 atom stereocenters. The quantitative estimate of drug-likeness (QED) is 0.858. The molecule has 1 N–H and O–H groups in total. The number of benzene rings is 2. The summed E-state index contributed by atoms with van der Waals surface area (Å²) in [5.74, 6) is 0.895. The van der Waals surface area contributed by atoms with E-state index < -0.39 is 0 Å². The van der Waals surface area contributed by atoms with Crippen LogP contribution < -0.4 is 10.1 Å². The molecule has 0 aliphatic heterocycles. The number of rotatable bonds is 6. The maximum Gasteiger partial charge on any atom is 0.118 e. The standard InChI is InChI=1S/C18H23NO/c1-14(19-2)4-5-15-6-8-16(9-7-15)17-10-12-18(20-3)13-11-17/h6-14,19H,4-5H2,1-3H3. The second-order valence-electron chi connectivity index (χ2n) is 5.15. The SMILES string of the molecule is CNC(C)CCc1ccc(-c2ccc(OC)cc2)cc1. The topological polar surface area (TPSA) is 21.3 Å². The van der Waals surface area contributed by atoms with Crippen molar-refractivity contribution in [2.45, 2.75) is 25.8 Å². The Kier molecular flexibility index (Phi) is 5.19. The van der Waals surface area contributed by atoms with Gasteiger partial charge in [0.05, 0.1) is 7.11 Å². The molecule has 0 radical (unpaired) electrons. The Bertz CT molecular complexity index is 516. The summed E-state index contributed by atoms with van der Waals surface area (Å²) in [5, 5.41) is 3.27. The van der Waals surface area contributed by atoms with Gasteiger partial charge in [-0.25, -0.2) is 0 Å². The Morgan fingerprint density at radius 2 is 1.50 bits per heavy atom. The summed E-state index contributed by atoms with van der Waals surface area (Å²) in [5.41, 5.74) is 3.86. The lowest BCUT2D eigenvalue weighted by Gasteiger charge is -2.10. The van der Waals surface area contributed by atoms with Crippen molar-refractivity contribution < 1.29 is 4.74 Å². The lowest BCUT2D eigenvalue weighted by molar-refractivity contribution is 0.415. The minimum Gasteiger partial charge on any atom is -0.497 e. The maximum atomic E-state index is 5.18. The van der Waals surface area contributed by atoms with Gasteiger partial charge in [0.15, 0.2) is 0 Å². The Hall–Kier alpha value is -1.80. The van der Waals surface area contributed by atoms with Gasteiger partial charge in [-0.15, -0.1) is 0 Å². The first-order valence-electron chi connectivity index (χ1n) is 7.13. The number of nitrogens with one attached hydrogen (secondary N) is 1. The van der Waals surface area contributed by atoms with E-state index >= 15 is 0 Å². The van der Waals surface area contributed by atoms with Gasteiger partial charge in [0.25, 0.3) is 0 Å². The number of aryl methyl sites for hydroxylation is 1. The molecule has 2 rings (SSSR count). The van der Waals surface area contributed by atoms with Crippen LogP contribution in [0.1, 0.15) is 18.9 Å². The van der Waals surface area contributed by atoms with E-state index in [9.17, 15) is 0 Å². The molecule has 0 spiro atoms. The zero-order chi connectivity index (χ0) is 14.4. The molecule has 106 valence electrons. The normalized spacial score (nSPS) is 12.2. The molecular weight excluding hydrogens is 246 g/mol. The van der Waals surface area contributed by atoms with Crippen molar-refractivity contribution in [2.24, 2.45) is 0 Å². The lowest BCUT2D eigenvalue weighted by atomic mass is 10.0. The fourth-order valence-electron chi connectivity index (χ4n) is 2.17. The maximum absolute atomic E-state index is 5.18. The summed E-state index contributed by atoms with van der Waals surface area (Å²) in [7, 11) is 3.70. The number of hydrogen-bond acceptors (Lipinski definition) is 2. The predicted octanol–water partition coefficient (Wildman–Crippen LogP) is 3.90. The van der Waals surface area contributed by atoms with E-state index in [1.54, 1.807) is 7.11 Å². The third-order valence-corrected chi connectivity index (χ3v) is 3.74. The van der Waals surface area contributed by atoms with Gasteiger partial charge in [-0.3, -0.25) is 0 Å². The Balaban J connectivity index is 2.03. The molecular formula is C18H23NO. The van der Waals surface area contributed by atoms with Crippen molar-refractivity contribution >= 4 is 0 Å². The third-order valence-electron chi connectivity index (χ3n) is 3.74. The van der Waals surface area contributed by atoms with E-state index in [1.165, 1.54) is 23.1 Å². The highest BCUT2D eigenvalue weighted by molar-refractivity contribution is 5.64. The smallest absolute Gasteiger partial charge is 0.118 e. The number of methoxy groups -OCH3 is 1. The molecule has 0 amide bonds. The summed E-state index contributed by atoms with van der Waals surface area (Å²) < 4.78 is 5.18. The van der Waals surface area contributed by atoms with Crippen molar-refractivity contribution in [3.8, 4) is 16.9 Å². The van der Waals surface area contributed by atoms with Crippen LogP contribution in [-0.4, -0.2) is 20.2 Å². The lowest BCUT2D eigenvalue weighted by Crippen LogP contribution is -2.21. The monoisotopic (exact) mass is 269 g/mol. The predicted molar refractivity (Wildman–Crippen MR) is 85.3 cm³/mol. The number of ether oxygens (including phenoxy) is 1. The van der Waals surface area contributed by atoms with Crippen molar-refractivity contribution in [1.82, 2.24) is 5.32 Å². The highest BCUT2D eigenvalue weighted by atomic mass is 16.5. The van der Waals surface area contributed by atoms with Crippen molar-refractivity contribution in [2.75, 3.05) is 14.2 Å². The molecule has 20 heavy (non-hydrogen) atoms. The first kappa shape index (κ1) is 14.6. The van der Waals surface area contributed by atoms with Gasteiger partial charge >= 0.3 is 0 Å². The summed E-state index contributed by atoms with van der Waals surface area (Å²) in [6, 6.07) is 17.6. The molecule has 0 aliphatic carbocycles. The summed E-state index contributed by atoms with van der Waals surface area (Å²) in [6.45, 7) is 2.21. The molecule has 0 fully saturated rings. The van der Waals surface area contributed by atoms with Crippen LogP contribution in [0.25, 0.3) is 11.1 Å². The average molecular weight is 269 g/mol. The van der Waals surface area contributed by atoms with E-state index in [2.05, 4.69) is 48.6 Å². The van der Waals surface area contributed by atoms with E-state index in [1.807, 2.05) is 19.2 Å². The molecule has 2 heteroatoms. The second kappa shape index (κ2) is 7.11. The molecule has 2 nitrogen and oxygen atoms in total. The van der Waals surface area contributed by atoms with Crippen LogP contribution >= 0.6 is 0 Å². The van der Waals surface area contributed by atoms with Crippen molar-refractivity contribution in [1.29, 1.82) is 0 Å². The molecule has 0 aliphatic rings. The van der Waals surface area contributed by atoms with Gasteiger partial charge in [-0.1, -0.05) is 36.4 Å². The second-order valence-corrected chi connectivity index (χ2v) is 5.15. The summed E-state index contributed by atoms with van der Waals surface area (Å²) in [4.78, 5) is 0. The summed E-state index contributed by atoms with van der Waals surface area (Å²) >= 11 is 0. The highest BCUT2D eigenvalue weighted by Gasteiger charge is 2.01. The summed E-state index contributed by atoms with van der Waals surface area (Å²) in [6.07, 6.45) is 2.28. The van der Waals surface area contributed by atoms with Gasteiger partial charge in [-0.05, 0) is 55.6 Å². The zero-order valence-corrected chi connectivity index (χ0v) is 12.5. The van der Waals surface area contributed by atoms with Crippen LogP contribution in [0.4, 0.5) is 0 Å². The first-order valence-corrected chi connectivity index (χ1v) is 7.13. The molecule has 2 aromatic rings. The molecule has 0 heterocycles. The van der Waals surface area contributed by atoms with Crippen LogP contribution in [-0.2, 0) is 6.42 Å². The van der Waals surface area contributed by atoms with Gasteiger partial charge in [0, 0.05) is 6.04 Å². The Labute approximate surface area is 121 Å². The van der Waals surface area contributed by atoms with Gasteiger partial charge in [0.2, 0.25) is 0 Å². The minimum atomic E-state index is 0.566. The van der Waals surface area contributed by atoms with Crippen molar-refractivity contribution in [3.63, 3.8) is 0 Å². The molecule has 0 aromatic heterocycles. The average Bonchev–Trinajstić information content (AvgIpc) is 2.53. The van der Waals surface area contributed by atoms with Gasteiger partial charge < -0.3 is 10.1 Å². The largest absolute Gasteiger partial charge is 0.497 e. The van der Waals surface area contributed by atoms with Crippen molar-refractivity contribution in [3.05, 3.63) is 54.1 Å². The van der Waals surface area contributed by atoms with Gasteiger partial charge in [0.1, 0.15) is 5.75 Å². The van der Waals surface area contributed by atoms with Gasteiger partial charge in [-0.2, -0.15) is 0 Å². The molecule has 0 saturated heterocycles. The van der Waals surface area contributed by atoms with Crippen LogP contribution in [0.3, 0.4) is 0 Å². The van der Waals surface area contributed by atoms with E-state index in [0.717, 1.165) is 12.2 Å². The minimum absolute atomic E-state index is 0.566. The zero-order valence-electron chi connectivity index (χ0n) is 12.5. The van der Waals surface area contributed by atoms with Crippen LogP contribution in [0.15, 0.2) is 48.5 Å². The molecule has 1 unspecified atom stereocenters. The van der Waals surface area contributed by atoms with Crippen LogP contribution in [0, 0.1) is 0 Å². The van der Waals surface area contributed by atoms with Crippen LogP contribution in [0.5, 0.6) is 5.75 Å². The third kappa shape index (κ3) is 3.84. The fourth-order valence-corrected chi connectivity index (χ4v) is 2.17. The van der Waals surface area contributed by atoms with E-state index in [4.69, 9.17) is 4.74 Å². The molecule has 0 saturated carbocycles. The fraction of sp³-hybridized carbons (Fsp3) is 0.333.